The minimum absolute atomic E-state index is 0.0129. The molecule has 0 spiro atoms. The molecule has 1 unspecified atom stereocenters. The fourth-order valence-electron chi connectivity index (χ4n) is 5.34. The van der Waals surface area contributed by atoms with Gasteiger partial charge in [-0.3, -0.25) is 0 Å². The molecule has 3 fully saturated rings. The third-order valence-corrected chi connectivity index (χ3v) is 9.99. The van der Waals surface area contributed by atoms with Gasteiger partial charge in [0.1, 0.15) is 11.5 Å². The highest BCUT2D eigenvalue weighted by Gasteiger charge is 2.55. The Kier molecular flexibility index (Phi) is 18.8. The smallest absolute Gasteiger partial charge is 0.523 e. The Balaban J connectivity index is 0.000000368. The van der Waals surface area contributed by atoms with Gasteiger partial charge >= 0.3 is 35.6 Å². The third-order valence-electron chi connectivity index (χ3n) is 9.99. The molecule has 0 bridgehead atoms. The van der Waals surface area contributed by atoms with E-state index in [0.29, 0.717) is 6.10 Å². The van der Waals surface area contributed by atoms with Crippen LogP contribution in [0.15, 0.2) is 24.3 Å². The fourth-order valence-corrected chi connectivity index (χ4v) is 5.34. The first kappa shape index (κ1) is 54.8. The van der Waals surface area contributed by atoms with Crippen molar-refractivity contribution in [2.45, 2.75) is 222 Å². The highest BCUT2D eigenvalue weighted by Crippen LogP contribution is 2.44. The summed E-state index contributed by atoms with van der Waals surface area (Å²) in [6, 6.07) is 7.77. The number of rotatable bonds is 0. The SMILES string of the molecule is CC(C)(C)B(O)O.CC(C)(C)B1OC(C)(C)C(C)(C)O1.CC(C)(C)B1Oc2ccccc2O1.CC1(C)COB(C(C)(C)C)OC1.CC1CC(C)(C)OB(C(C)(C)C)O1. The van der Waals surface area contributed by atoms with Crippen molar-refractivity contribution in [1.29, 1.82) is 0 Å². The Morgan fingerprint density at radius 3 is 1.17 bits per heavy atom. The number of para-hydroxylation sites is 2. The van der Waals surface area contributed by atoms with Crippen molar-refractivity contribution in [2.75, 3.05) is 13.2 Å². The van der Waals surface area contributed by atoms with Gasteiger partial charge in [-0.2, -0.15) is 0 Å². The molecular weight excluding hydrogens is 731 g/mol. The molecule has 0 radical (unpaired) electrons. The zero-order valence-corrected chi connectivity index (χ0v) is 41.6. The maximum Gasteiger partial charge on any atom is 0.600 e. The molecule has 0 aromatic heterocycles. The van der Waals surface area contributed by atoms with E-state index in [1.165, 1.54) is 0 Å². The second-order valence-electron chi connectivity index (χ2n) is 24.3. The normalized spacial score (nSPS) is 22.2. The van der Waals surface area contributed by atoms with Crippen molar-refractivity contribution in [3.63, 3.8) is 0 Å². The molecule has 4 heterocycles. The summed E-state index contributed by atoms with van der Waals surface area (Å²) in [5, 5.41) is 16.7. The van der Waals surface area contributed by atoms with E-state index in [2.05, 4.69) is 145 Å². The number of benzene rings is 1. The van der Waals surface area contributed by atoms with Gasteiger partial charge in [-0.1, -0.05) is 130 Å². The van der Waals surface area contributed by atoms with E-state index in [1.807, 2.05) is 24.3 Å². The van der Waals surface area contributed by atoms with Gasteiger partial charge in [0, 0.05) is 30.0 Å². The average molecular weight is 816 g/mol. The van der Waals surface area contributed by atoms with Gasteiger partial charge < -0.3 is 47.3 Å². The highest BCUT2D eigenvalue weighted by atomic mass is 16.7. The van der Waals surface area contributed by atoms with Gasteiger partial charge in [-0.25, -0.2) is 0 Å². The molecule has 2 N–H and O–H groups in total. The Bertz CT molecular complexity index is 1320. The van der Waals surface area contributed by atoms with E-state index in [9.17, 15) is 0 Å². The summed E-state index contributed by atoms with van der Waals surface area (Å²) < 4.78 is 46.0. The quantitative estimate of drug-likeness (QED) is 0.245. The lowest BCUT2D eigenvalue weighted by Crippen LogP contribution is -2.49. The predicted octanol–water partition coefficient (Wildman–Crippen LogP) is 11.1. The first-order valence-electron chi connectivity index (χ1n) is 21.3. The van der Waals surface area contributed by atoms with Crippen LogP contribution in [0.5, 0.6) is 11.5 Å². The van der Waals surface area contributed by atoms with E-state index in [0.717, 1.165) is 31.1 Å². The molecule has 15 heteroatoms. The van der Waals surface area contributed by atoms with Crippen LogP contribution in [0, 0.1) is 5.41 Å². The lowest BCUT2D eigenvalue weighted by Gasteiger charge is -2.42. The Hall–Kier alpha value is -1.18. The van der Waals surface area contributed by atoms with Crippen LogP contribution in [0.3, 0.4) is 0 Å². The van der Waals surface area contributed by atoms with E-state index in [4.69, 9.17) is 47.3 Å². The maximum atomic E-state index is 8.44. The molecule has 4 aliphatic heterocycles. The van der Waals surface area contributed by atoms with Gasteiger partial charge in [0.15, 0.2) is 0 Å². The van der Waals surface area contributed by atoms with Crippen LogP contribution in [-0.4, -0.2) is 81.8 Å². The van der Waals surface area contributed by atoms with E-state index in [-0.39, 0.29) is 77.3 Å². The Morgan fingerprint density at radius 1 is 0.552 bits per heavy atom. The molecule has 5 rings (SSSR count). The van der Waals surface area contributed by atoms with Gasteiger partial charge in [0.2, 0.25) is 0 Å². The summed E-state index contributed by atoms with van der Waals surface area (Å²) in [7, 11) is -1.58. The van der Waals surface area contributed by atoms with Crippen LogP contribution in [-0.2, 0) is 27.9 Å². The lowest BCUT2D eigenvalue weighted by molar-refractivity contribution is -0.0364. The van der Waals surface area contributed by atoms with Crippen LogP contribution in [0.4, 0.5) is 0 Å². The zero-order valence-electron chi connectivity index (χ0n) is 41.6. The van der Waals surface area contributed by atoms with Gasteiger partial charge in [0.05, 0.1) is 16.8 Å². The summed E-state index contributed by atoms with van der Waals surface area (Å²) >= 11 is 0. The molecule has 10 nitrogen and oxygen atoms in total. The molecule has 0 amide bonds. The molecule has 4 aliphatic rings. The van der Waals surface area contributed by atoms with Crippen molar-refractivity contribution >= 4 is 35.6 Å². The zero-order chi connectivity index (χ0) is 45.7. The number of hydrogen-bond acceptors (Lipinski definition) is 10. The minimum Gasteiger partial charge on any atom is -0.523 e. The Labute approximate surface area is 358 Å². The topological polar surface area (TPSA) is 114 Å². The van der Waals surface area contributed by atoms with E-state index in [1.54, 1.807) is 20.8 Å². The number of fused-ring (bicyclic) bond motifs is 1. The summed E-state index contributed by atoms with van der Waals surface area (Å²) in [6.07, 6.45) is 1.27. The van der Waals surface area contributed by atoms with Crippen LogP contribution >= 0.6 is 0 Å². The summed E-state index contributed by atoms with van der Waals surface area (Å²) in [5.41, 5.74) is -0.271. The largest absolute Gasteiger partial charge is 0.600 e. The highest BCUT2D eigenvalue weighted by molar-refractivity contribution is 6.51. The molecule has 0 aliphatic carbocycles. The molecule has 1 atom stereocenters. The van der Waals surface area contributed by atoms with Crippen molar-refractivity contribution < 1.29 is 47.3 Å². The van der Waals surface area contributed by atoms with Gasteiger partial charge in [0.25, 0.3) is 0 Å². The molecule has 3 saturated heterocycles. The predicted molar refractivity (Wildman–Crippen MR) is 246 cm³/mol. The van der Waals surface area contributed by atoms with Crippen LogP contribution < -0.4 is 9.31 Å². The second-order valence-corrected chi connectivity index (χ2v) is 24.3. The van der Waals surface area contributed by atoms with Crippen LogP contribution in [0.2, 0.25) is 26.6 Å². The van der Waals surface area contributed by atoms with E-state index >= 15 is 0 Å². The summed E-state index contributed by atoms with van der Waals surface area (Å²) in [6.45, 7) is 51.4. The summed E-state index contributed by atoms with van der Waals surface area (Å²) in [5.74, 6) is 1.70. The third kappa shape index (κ3) is 18.4. The summed E-state index contributed by atoms with van der Waals surface area (Å²) in [4.78, 5) is 0. The molecule has 1 aromatic carbocycles. The first-order valence-corrected chi connectivity index (χ1v) is 21.3. The maximum absolute atomic E-state index is 8.44. The molecule has 332 valence electrons. The molecule has 1 aromatic rings. The first-order chi connectivity index (χ1) is 25.6. The van der Waals surface area contributed by atoms with Gasteiger partial charge in [-0.15, -0.1) is 0 Å². The van der Waals surface area contributed by atoms with Crippen molar-refractivity contribution in [2.24, 2.45) is 5.41 Å². The number of hydrogen-bond donors (Lipinski definition) is 2. The van der Waals surface area contributed by atoms with Gasteiger partial charge in [-0.05, 0) is 88.3 Å². The second kappa shape index (κ2) is 19.9. The average Bonchev–Trinajstić information content (AvgIpc) is 3.53. The van der Waals surface area contributed by atoms with Crippen LogP contribution in [0.1, 0.15) is 173 Å². The Morgan fingerprint density at radius 2 is 0.897 bits per heavy atom. The van der Waals surface area contributed by atoms with Crippen molar-refractivity contribution in [3.8, 4) is 11.5 Å². The lowest BCUT2D eigenvalue weighted by atomic mass is 9.59. The van der Waals surface area contributed by atoms with Crippen molar-refractivity contribution in [1.82, 2.24) is 0 Å². The minimum atomic E-state index is -1.20. The monoisotopic (exact) mass is 817 g/mol. The molecule has 58 heavy (non-hydrogen) atoms. The standard InChI is InChI=1S/C10H13BO2.2C10H21BO2.C9H19BO2.C4H11BO2/c1-10(2,3)11-12-8-6-4-5-7-9(8)13-11;1-8-7-10(5,6)13-11(12-8)9(2,3)4;1-8(2,3)11-12-9(4,5)10(6,7)13-11;1-8(2,3)10-11-6-9(4,5)7-12-10;1-4(2,3)5(6)7/h4-7H,1-3H3;8H,7H2,1-6H3;1-7H3;6-7H2,1-5H3;6-7H,1-3H3. The molecule has 0 saturated carbocycles. The van der Waals surface area contributed by atoms with Crippen LogP contribution in [0.25, 0.3) is 0 Å². The van der Waals surface area contributed by atoms with E-state index < -0.39 is 7.12 Å². The van der Waals surface area contributed by atoms with Crippen molar-refractivity contribution in [3.05, 3.63) is 24.3 Å². The molecular formula is C43H85B5O10. The fraction of sp³-hybridized carbons (Fsp3) is 0.860.